The van der Waals surface area contributed by atoms with Crippen LogP contribution >= 0.6 is 0 Å². The van der Waals surface area contributed by atoms with E-state index in [1.165, 1.54) is 0 Å². The van der Waals surface area contributed by atoms with Crippen molar-refractivity contribution in [1.29, 1.82) is 0 Å². The van der Waals surface area contributed by atoms with E-state index in [0.29, 0.717) is 17.9 Å². The number of anilines is 1. The zero-order valence-electron chi connectivity index (χ0n) is 7.51. The maximum Gasteiger partial charge on any atom is 0.326 e. The summed E-state index contributed by atoms with van der Waals surface area (Å²) in [4.78, 5) is 26.7. The van der Waals surface area contributed by atoms with Crippen LogP contribution in [0.15, 0.2) is 20.1 Å². The van der Waals surface area contributed by atoms with Gasteiger partial charge in [0.15, 0.2) is 5.88 Å². The fraction of sp³-hybridized carbons (Fsp3) is 0.250. The van der Waals surface area contributed by atoms with Gasteiger partial charge in [-0.05, 0) is 6.92 Å². The summed E-state index contributed by atoms with van der Waals surface area (Å²) in [5, 5.41) is 2.90. The Kier molecular flexibility index (Phi) is 1.88. The van der Waals surface area contributed by atoms with Crippen LogP contribution in [-0.4, -0.2) is 16.5 Å². The molecule has 3 N–H and O–H groups in total. The van der Waals surface area contributed by atoms with Crippen LogP contribution in [0.2, 0.25) is 0 Å². The number of nitrogens with one attached hydrogen (secondary N) is 3. The Bertz CT molecular complexity index is 563. The average molecular weight is 195 g/mol. The van der Waals surface area contributed by atoms with E-state index in [1.54, 1.807) is 6.07 Å². The highest BCUT2D eigenvalue weighted by Crippen LogP contribution is 2.16. The van der Waals surface area contributed by atoms with Gasteiger partial charge in [0.2, 0.25) is 5.58 Å². The van der Waals surface area contributed by atoms with Crippen LogP contribution in [0.1, 0.15) is 6.92 Å². The van der Waals surface area contributed by atoms with Crippen molar-refractivity contribution in [3.63, 3.8) is 0 Å². The minimum atomic E-state index is -0.536. The van der Waals surface area contributed by atoms with E-state index in [-0.39, 0.29) is 5.58 Å². The summed E-state index contributed by atoms with van der Waals surface area (Å²) in [6.07, 6.45) is 0. The average Bonchev–Trinajstić information content (AvgIpc) is 2.48. The first-order chi connectivity index (χ1) is 6.70. The third-order valence-corrected chi connectivity index (χ3v) is 1.76. The van der Waals surface area contributed by atoms with Gasteiger partial charge >= 0.3 is 5.69 Å². The number of aromatic amines is 2. The lowest BCUT2D eigenvalue weighted by atomic mass is 10.4. The molecule has 2 aromatic heterocycles. The molecule has 14 heavy (non-hydrogen) atoms. The van der Waals surface area contributed by atoms with E-state index < -0.39 is 11.2 Å². The molecule has 2 aromatic rings. The Labute approximate surface area is 77.9 Å². The van der Waals surface area contributed by atoms with Crippen molar-refractivity contribution >= 4 is 17.0 Å². The lowest BCUT2D eigenvalue weighted by Crippen LogP contribution is -2.20. The van der Waals surface area contributed by atoms with Crippen LogP contribution in [0.3, 0.4) is 0 Å². The molecule has 0 aliphatic heterocycles. The van der Waals surface area contributed by atoms with Crippen LogP contribution in [-0.2, 0) is 0 Å². The molecular weight excluding hydrogens is 186 g/mol. The van der Waals surface area contributed by atoms with E-state index in [0.717, 1.165) is 0 Å². The summed E-state index contributed by atoms with van der Waals surface area (Å²) in [5.74, 6) is 0.467. The summed E-state index contributed by atoms with van der Waals surface area (Å²) in [7, 11) is 0. The molecule has 2 rings (SSSR count). The van der Waals surface area contributed by atoms with E-state index in [1.807, 2.05) is 6.92 Å². The van der Waals surface area contributed by atoms with Crippen molar-refractivity contribution in [3.05, 3.63) is 26.9 Å². The van der Waals surface area contributed by atoms with Crippen molar-refractivity contribution in [1.82, 2.24) is 9.97 Å². The molecule has 74 valence electrons. The van der Waals surface area contributed by atoms with E-state index >= 15 is 0 Å². The van der Waals surface area contributed by atoms with Gasteiger partial charge in [0.25, 0.3) is 5.56 Å². The topological polar surface area (TPSA) is 90.9 Å². The first-order valence-electron chi connectivity index (χ1n) is 4.20. The maximum absolute atomic E-state index is 11.2. The van der Waals surface area contributed by atoms with Crippen LogP contribution in [0, 0.1) is 0 Å². The minimum absolute atomic E-state index is 0.126. The SMILES string of the molecule is CCNc1cc2[nH]c(=O)[nH]c(=O)c2o1. The summed E-state index contributed by atoms with van der Waals surface area (Å²) < 4.78 is 5.17. The number of hydrogen-bond acceptors (Lipinski definition) is 4. The lowest BCUT2D eigenvalue weighted by Gasteiger charge is -1.92. The number of aromatic nitrogens is 2. The van der Waals surface area contributed by atoms with Gasteiger partial charge in [-0.1, -0.05) is 0 Å². The predicted molar refractivity (Wildman–Crippen MR) is 51.6 cm³/mol. The van der Waals surface area contributed by atoms with Crippen LogP contribution < -0.4 is 16.6 Å². The smallest absolute Gasteiger partial charge is 0.326 e. The number of fused-ring (bicyclic) bond motifs is 1. The van der Waals surface area contributed by atoms with Gasteiger partial charge in [-0.15, -0.1) is 0 Å². The first kappa shape index (κ1) is 8.61. The highest BCUT2D eigenvalue weighted by molar-refractivity contribution is 5.75. The largest absolute Gasteiger partial charge is 0.433 e. The second-order valence-electron chi connectivity index (χ2n) is 2.79. The molecule has 6 nitrogen and oxygen atoms in total. The van der Waals surface area contributed by atoms with Crippen molar-refractivity contribution in [2.24, 2.45) is 0 Å². The molecule has 0 bridgehead atoms. The summed E-state index contributed by atoms with van der Waals surface area (Å²) in [6, 6.07) is 1.58. The molecule has 2 heterocycles. The second kappa shape index (κ2) is 3.06. The van der Waals surface area contributed by atoms with Crippen LogP contribution in [0.5, 0.6) is 0 Å². The first-order valence-corrected chi connectivity index (χ1v) is 4.20. The number of furan rings is 1. The molecule has 0 aliphatic rings. The van der Waals surface area contributed by atoms with Gasteiger partial charge in [0, 0.05) is 12.6 Å². The standard InChI is InChI=1S/C8H9N3O3/c1-2-9-5-3-4-6(14-5)7(12)11-8(13)10-4/h3,9H,2H2,1H3,(H2,10,11,12,13). The third-order valence-electron chi connectivity index (χ3n) is 1.76. The normalized spacial score (nSPS) is 10.6. The van der Waals surface area contributed by atoms with E-state index in [4.69, 9.17) is 4.42 Å². The Morgan fingerprint density at radius 1 is 1.43 bits per heavy atom. The van der Waals surface area contributed by atoms with Crippen molar-refractivity contribution in [2.45, 2.75) is 6.92 Å². The predicted octanol–water partition coefficient (Wildman–Crippen LogP) is 0.241. The van der Waals surface area contributed by atoms with E-state index in [2.05, 4.69) is 15.3 Å². The minimum Gasteiger partial charge on any atom is -0.433 e. The monoisotopic (exact) mass is 195 g/mol. The number of H-pyrrole nitrogens is 2. The van der Waals surface area contributed by atoms with Crippen LogP contribution in [0.25, 0.3) is 11.1 Å². The number of hydrogen-bond donors (Lipinski definition) is 3. The Morgan fingerprint density at radius 2 is 2.21 bits per heavy atom. The molecule has 0 radical (unpaired) electrons. The highest BCUT2D eigenvalue weighted by atomic mass is 16.4. The zero-order valence-corrected chi connectivity index (χ0v) is 7.51. The molecule has 6 heteroatoms. The van der Waals surface area contributed by atoms with Crippen molar-refractivity contribution in [2.75, 3.05) is 11.9 Å². The molecule has 0 fully saturated rings. The third kappa shape index (κ3) is 1.30. The molecule has 0 atom stereocenters. The summed E-state index contributed by atoms with van der Waals surface area (Å²) in [5.41, 5.74) is -0.533. The molecule has 0 amide bonds. The molecule has 0 spiro atoms. The fourth-order valence-corrected chi connectivity index (χ4v) is 1.23. The van der Waals surface area contributed by atoms with Gasteiger partial charge in [-0.3, -0.25) is 9.78 Å². The van der Waals surface area contributed by atoms with Gasteiger partial charge in [0.1, 0.15) is 0 Å². The Hall–Kier alpha value is -1.98. The van der Waals surface area contributed by atoms with Gasteiger partial charge < -0.3 is 14.7 Å². The molecule has 0 saturated carbocycles. The Balaban J connectivity index is 2.71. The number of rotatable bonds is 2. The van der Waals surface area contributed by atoms with Crippen molar-refractivity contribution in [3.8, 4) is 0 Å². The van der Waals surface area contributed by atoms with Crippen molar-refractivity contribution < 1.29 is 4.42 Å². The van der Waals surface area contributed by atoms with Gasteiger partial charge in [0.05, 0.1) is 5.52 Å². The Morgan fingerprint density at radius 3 is 2.93 bits per heavy atom. The van der Waals surface area contributed by atoms with E-state index in [9.17, 15) is 9.59 Å². The second-order valence-corrected chi connectivity index (χ2v) is 2.79. The molecular formula is C8H9N3O3. The lowest BCUT2D eigenvalue weighted by molar-refractivity contribution is 0.621. The van der Waals surface area contributed by atoms with Gasteiger partial charge in [-0.2, -0.15) is 0 Å². The zero-order chi connectivity index (χ0) is 10.1. The summed E-state index contributed by atoms with van der Waals surface area (Å²) in [6.45, 7) is 2.59. The fourth-order valence-electron chi connectivity index (χ4n) is 1.23. The molecule has 0 saturated heterocycles. The molecule has 0 aliphatic carbocycles. The molecule has 0 aromatic carbocycles. The molecule has 0 unspecified atom stereocenters. The van der Waals surface area contributed by atoms with Gasteiger partial charge in [-0.25, -0.2) is 4.79 Å². The quantitative estimate of drug-likeness (QED) is 0.640. The van der Waals surface area contributed by atoms with Crippen LogP contribution in [0.4, 0.5) is 5.88 Å². The highest BCUT2D eigenvalue weighted by Gasteiger charge is 2.07. The maximum atomic E-state index is 11.2. The summed E-state index contributed by atoms with van der Waals surface area (Å²) >= 11 is 0.